The molecule has 0 N–H and O–H groups in total. The van der Waals surface area contributed by atoms with Crippen LogP contribution in [0.5, 0.6) is 0 Å². The van der Waals surface area contributed by atoms with E-state index in [1.54, 1.807) is 10.8 Å². The molecular formula is C4H7OS2. The molecule has 1 aliphatic rings. The molecule has 1 atom stereocenters. The lowest BCUT2D eigenvalue weighted by molar-refractivity contribution is 0.157. The van der Waals surface area contributed by atoms with Gasteiger partial charge in [0.25, 0.3) is 0 Å². The first-order valence-electron chi connectivity index (χ1n) is 2.33. The molecule has 0 bridgehead atoms. The molecule has 1 heterocycles. The Labute approximate surface area is 51.3 Å². The molecule has 1 nitrogen and oxygen atoms in total. The quantitative estimate of drug-likeness (QED) is 0.473. The van der Waals surface area contributed by atoms with Crippen LogP contribution in [0, 0.1) is 0 Å². The molecule has 1 fully saturated rings. The lowest BCUT2D eigenvalue weighted by Gasteiger charge is -2.11. The summed E-state index contributed by atoms with van der Waals surface area (Å²) in [5.41, 5.74) is -0.334. The van der Waals surface area contributed by atoms with Crippen molar-refractivity contribution in [1.29, 1.82) is 0 Å². The van der Waals surface area contributed by atoms with Gasteiger partial charge in [-0.2, -0.15) is 0 Å². The molecule has 0 aliphatic carbocycles. The summed E-state index contributed by atoms with van der Waals surface area (Å²) < 4.78 is 0. The Morgan fingerprint density at radius 1 is 1.57 bits per heavy atom. The van der Waals surface area contributed by atoms with Gasteiger partial charge >= 0.3 is 0 Å². The van der Waals surface area contributed by atoms with Crippen molar-refractivity contribution in [3.8, 4) is 0 Å². The number of rotatable bonds is 0. The van der Waals surface area contributed by atoms with Crippen LogP contribution in [0.3, 0.4) is 0 Å². The minimum atomic E-state index is -0.334. The molecule has 1 saturated heterocycles. The molecule has 0 aromatic heterocycles. The first kappa shape index (κ1) is 5.79. The van der Waals surface area contributed by atoms with Crippen molar-refractivity contribution in [3.63, 3.8) is 0 Å². The van der Waals surface area contributed by atoms with Gasteiger partial charge in [0.15, 0.2) is 0 Å². The van der Waals surface area contributed by atoms with Gasteiger partial charge in [0, 0.05) is 5.75 Å². The first-order chi connectivity index (χ1) is 3.39. The Bertz CT molecular complexity index is 51.7. The van der Waals surface area contributed by atoms with E-state index in [0.29, 0.717) is 0 Å². The van der Waals surface area contributed by atoms with E-state index >= 15 is 0 Å². The van der Waals surface area contributed by atoms with E-state index in [2.05, 4.69) is 0 Å². The standard InChI is InChI=1S/C4H7OS2/c5-4-2-1-3-6-7-4/h4H,1-3H2. The van der Waals surface area contributed by atoms with Gasteiger partial charge in [0.05, 0.1) is 0 Å². The molecule has 0 aromatic rings. The zero-order valence-electron chi connectivity index (χ0n) is 3.92. The fourth-order valence-electron chi connectivity index (χ4n) is 0.481. The van der Waals surface area contributed by atoms with E-state index in [1.807, 2.05) is 0 Å². The summed E-state index contributed by atoms with van der Waals surface area (Å²) in [7, 11) is 3.19. The van der Waals surface area contributed by atoms with E-state index in [1.165, 1.54) is 16.5 Å². The molecule has 1 unspecified atom stereocenters. The van der Waals surface area contributed by atoms with Crippen LogP contribution < -0.4 is 0 Å². The summed E-state index contributed by atoms with van der Waals surface area (Å²) in [6.07, 6.45) is 1.99. The highest BCUT2D eigenvalue weighted by Gasteiger charge is 2.11. The van der Waals surface area contributed by atoms with Crippen molar-refractivity contribution in [2.45, 2.75) is 18.3 Å². The topological polar surface area (TPSA) is 19.9 Å². The second-order valence-corrected chi connectivity index (χ2v) is 4.14. The third-order valence-electron chi connectivity index (χ3n) is 0.843. The Morgan fingerprint density at radius 3 is 2.71 bits per heavy atom. The summed E-state index contributed by atoms with van der Waals surface area (Å²) >= 11 is 0. The van der Waals surface area contributed by atoms with Crippen molar-refractivity contribution in [2.75, 3.05) is 5.75 Å². The van der Waals surface area contributed by atoms with Crippen LogP contribution in [0.1, 0.15) is 12.8 Å². The van der Waals surface area contributed by atoms with E-state index in [4.69, 9.17) is 0 Å². The van der Waals surface area contributed by atoms with Crippen molar-refractivity contribution >= 4 is 21.6 Å². The minimum Gasteiger partial charge on any atom is -0.220 e. The Hall–Kier alpha value is 0.660. The van der Waals surface area contributed by atoms with Gasteiger partial charge in [-0.25, -0.2) is 5.11 Å². The summed E-state index contributed by atoms with van der Waals surface area (Å²) in [6.45, 7) is 0. The zero-order chi connectivity index (χ0) is 5.11. The van der Waals surface area contributed by atoms with Crippen molar-refractivity contribution in [3.05, 3.63) is 0 Å². The maximum atomic E-state index is 10.5. The second-order valence-electron chi connectivity index (χ2n) is 1.49. The molecule has 3 heteroatoms. The largest absolute Gasteiger partial charge is 0.220 e. The maximum absolute atomic E-state index is 10.5. The van der Waals surface area contributed by atoms with Gasteiger partial charge in [0.2, 0.25) is 0 Å². The van der Waals surface area contributed by atoms with Crippen LogP contribution in [0.15, 0.2) is 0 Å². The van der Waals surface area contributed by atoms with Crippen LogP contribution in [-0.2, 0) is 5.11 Å². The highest BCUT2D eigenvalue weighted by atomic mass is 33.1. The van der Waals surface area contributed by atoms with Crippen molar-refractivity contribution in [1.82, 2.24) is 0 Å². The fourth-order valence-corrected chi connectivity index (χ4v) is 2.66. The van der Waals surface area contributed by atoms with Gasteiger partial charge in [-0.05, 0) is 12.8 Å². The lowest BCUT2D eigenvalue weighted by Crippen LogP contribution is -2.01. The zero-order valence-corrected chi connectivity index (χ0v) is 5.56. The molecule has 0 aromatic carbocycles. The summed E-state index contributed by atoms with van der Waals surface area (Å²) in [5, 5.41) is 10.5. The number of hydrogen-bond acceptors (Lipinski definition) is 2. The molecule has 7 heavy (non-hydrogen) atoms. The third-order valence-corrected chi connectivity index (χ3v) is 3.44. The fraction of sp³-hybridized carbons (Fsp3) is 1.00. The van der Waals surface area contributed by atoms with E-state index < -0.39 is 0 Å². The Kier molecular flexibility index (Phi) is 2.35. The van der Waals surface area contributed by atoms with Crippen LogP contribution in [0.2, 0.25) is 0 Å². The maximum Gasteiger partial charge on any atom is 0.148 e. The highest BCUT2D eigenvalue weighted by Crippen LogP contribution is 2.33. The molecule has 1 aliphatic heterocycles. The Morgan fingerprint density at radius 2 is 2.43 bits per heavy atom. The van der Waals surface area contributed by atoms with Crippen LogP contribution in [-0.4, -0.2) is 11.2 Å². The molecule has 1 radical (unpaired) electrons. The molecular weight excluding hydrogens is 128 g/mol. The summed E-state index contributed by atoms with van der Waals surface area (Å²) in [6, 6.07) is 0. The monoisotopic (exact) mass is 135 g/mol. The molecule has 0 spiro atoms. The summed E-state index contributed by atoms with van der Waals surface area (Å²) in [4.78, 5) is 0. The van der Waals surface area contributed by atoms with E-state index in [0.717, 1.165) is 12.8 Å². The normalized spacial score (nSPS) is 33.0. The molecule has 0 saturated carbocycles. The van der Waals surface area contributed by atoms with Gasteiger partial charge < -0.3 is 0 Å². The van der Waals surface area contributed by atoms with Gasteiger partial charge in [-0.1, -0.05) is 21.6 Å². The van der Waals surface area contributed by atoms with Crippen LogP contribution in [0.4, 0.5) is 0 Å². The molecule has 41 valence electrons. The molecule has 1 rings (SSSR count). The van der Waals surface area contributed by atoms with E-state index in [-0.39, 0.29) is 5.44 Å². The molecule has 0 amide bonds. The van der Waals surface area contributed by atoms with Crippen molar-refractivity contribution in [2.24, 2.45) is 0 Å². The predicted octanol–water partition coefficient (Wildman–Crippen LogP) is 1.92. The predicted molar refractivity (Wildman–Crippen MR) is 33.8 cm³/mol. The van der Waals surface area contributed by atoms with Gasteiger partial charge in [-0.15, -0.1) is 0 Å². The first-order valence-corrected chi connectivity index (χ1v) is 4.72. The van der Waals surface area contributed by atoms with Crippen LogP contribution in [0.25, 0.3) is 0 Å². The summed E-state index contributed by atoms with van der Waals surface area (Å²) in [5.74, 6) is 1.17. The SMILES string of the molecule is [O]C1CCCSS1. The second kappa shape index (κ2) is 2.84. The number of hydrogen-bond donors (Lipinski definition) is 0. The average molecular weight is 135 g/mol. The lowest BCUT2D eigenvalue weighted by atomic mass is 10.4. The van der Waals surface area contributed by atoms with E-state index in [9.17, 15) is 5.11 Å². The third kappa shape index (κ3) is 1.93. The van der Waals surface area contributed by atoms with Gasteiger partial charge in [-0.3, -0.25) is 0 Å². The minimum absolute atomic E-state index is 0.334. The van der Waals surface area contributed by atoms with Crippen LogP contribution >= 0.6 is 21.6 Å². The van der Waals surface area contributed by atoms with Crippen molar-refractivity contribution < 1.29 is 5.11 Å². The average Bonchev–Trinajstić information content (AvgIpc) is 1.69. The smallest absolute Gasteiger partial charge is 0.148 e. The Balaban J connectivity index is 2.12. The highest BCUT2D eigenvalue weighted by molar-refractivity contribution is 8.76. The van der Waals surface area contributed by atoms with Gasteiger partial charge in [0.1, 0.15) is 5.44 Å².